The summed E-state index contributed by atoms with van der Waals surface area (Å²) >= 11 is 1.76. The zero-order valence-corrected chi connectivity index (χ0v) is 31.6. The predicted molar refractivity (Wildman–Crippen MR) is 233 cm³/mol. The molecule has 0 unspecified atom stereocenters. The molecule has 2 aliphatic carbocycles. The van der Waals surface area contributed by atoms with Crippen LogP contribution in [0.2, 0.25) is 0 Å². The average Bonchev–Trinajstić information content (AvgIpc) is 3.90. The first-order valence-electron chi connectivity index (χ1n) is 19.7. The molecule has 0 radical (unpaired) electrons. The van der Waals surface area contributed by atoms with Crippen molar-refractivity contribution in [3.63, 3.8) is 0 Å². The molecule has 0 N–H and O–H groups in total. The van der Waals surface area contributed by atoms with Crippen molar-refractivity contribution in [1.29, 1.82) is 0 Å². The summed E-state index contributed by atoms with van der Waals surface area (Å²) in [5.41, 5.74) is 16.0. The van der Waals surface area contributed by atoms with E-state index in [2.05, 4.69) is 143 Å². The number of nitrogens with zero attached hydrogens (tertiary/aromatic N) is 4. The van der Waals surface area contributed by atoms with E-state index in [0.29, 0.717) is 0 Å². The van der Waals surface area contributed by atoms with Gasteiger partial charge in [0.05, 0.1) is 26.9 Å². The van der Waals surface area contributed by atoms with E-state index in [9.17, 15) is 0 Å². The van der Waals surface area contributed by atoms with E-state index in [1.807, 2.05) is 24.5 Å². The van der Waals surface area contributed by atoms with Gasteiger partial charge in [0.15, 0.2) is 5.82 Å². The molecule has 1 fully saturated rings. The van der Waals surface area contributed by atoms with Crippen LogP contribution in [0.4, 0.5) is 0 Å². The molecule has 4 aromatic heterocycles. The first-order valence-corrected chi connectivity index (χ1v) is 20.5. The van der Waals surface area contributed by atoms with E-state index in [0.717, 1.165) is 49.5 Å². The summed E-state index contributed by atoms with van der Waals surface area (Å²) in [6.45, 7) is 0. The lowest BCUT2D eigenvalue weighted by Crippen LogP contribution is -2.28. The number of hydrogen-bond donors (Lipinski definition) is 0. The molecule has 0 aliphatic heterocycles. The van der Waals surface area contributed by atoms with Gasteiger partial charge in [-0.15, -0.1) is 11.3 Å². The first kappa shape index (κ1) is 31.9. The van der Waals surface area contributed by atoms with Gasteiger partial charge < -0.3 is 4.57 Å². The summed E-state index contributed by atoms with van der Waals surface area (Å²) in [4.78, 5) is 15.0. The van der Waals surface area contributed by atoms with Gasteiger partial charge in [0, 0.05) is 55.5 Å². The lowest BCUT2D eigenvalue weighted by Gasteiger charge is -2.37. The molecule has 266 valence electrons. The highest BCUT2D eigenvalue weighted by Gasteiger charge is 2.45. The molecule has 1 saturated carbocycles. The monoisotopic (exact) mass is 736 g/mol. The minimum Gasteiger partial charge on any atom is -0.309 e. The molecule has 0 saturated heterocycles. The molecule has 0 atom stereocenters. The largest absolute Gasteiger partial charge is 0.309 e. The molecule has 56 heavy (non-hydrogen) atoms. The fourth-order valence-electron chi connectivity index (χ4n) is 10.1. The Morgan fingerprint density at radius 3 is 2.07 bits per heavy atom. The second-order valence-corrected chi connectivity index (χ2v) is 16.5. The standard InChI is InChI=1S/C51H36N4S/c1-3-12-35(13-4-1)55-43-22-20-33(36-16-11-17-38-37-14-5-7-18-42(37)51(46(36)38)26-9-2-10-27-51)30-40(43)41-31-34(21-23-44(41)55)50-53-47(32-24-28-52-29-25-32)49-48(54-50)39-15-6-8-19-45(39)56-49/h1,3-8,11-25,28-31H,2,9-10,26-27H2. The lowest BCUT2D eigenvalue weighted by molar-refractivity contribution is 0.353. The quantitative estimate of drug-likeness (QED) is 0.181. The third kappa shape index (κ3) is 4.61. The molecule has 10 aromatic rings. The number of fused-ring (bicyclic) bond motifs is 11. The Hall–Kier alpha value is -6.43. The fourth-order valence-corrected chi connectivity index (χ4v) is 11.2. The van der Waals surface area contributed by atoms with E-state index < -0.39 is 0 Å². The molecular formula is C51H36N4S. The third-order valence-corrected chi connectivity index (χ3v) is 13.7. The van der Waals surface area contributed by atoms with E-state index in [1.165, 1.54) is 86.5 Å². The molecule has 5 heteroatoms. The number of pyridine rings is 1. The van der Waals surface area contributed by atoms with Crippen LogP contribution >= 0.6 is 11.3 Å². The van der Waals surface area contributed by atoms with E-state index >= 15 is 0 Å². The Balaban J connectivity index is 1.10. The minimum absolute atomic E-state index is 0.0648. The van der Waals surface area contributed by atoms with Gasteiger partial charge in [-0.2, -0.15) is 0 Å². The number of hydrogen-bond acceptors (Lipinski definition) is 4. The van der Waals surface area contributed by atoms with Gasteiger partial charge in [0.1, 0.15) is 0 Å². The van der Waals surface area contributed by atoms with Crippen molar-refractivity contribution in [3.05, 3.63) is 169 Å². The number of benzene rings is 6. The van der Waals surface area contributed by atoms with Crippen LogP contribution in [-0.2, 0) is 5.41 Å². The van der Waals surface area contributed by atoms with Crippen LogP contribution in [0, 0.1) is 0 Å². The smallest absolute Gasteiger partial charge is 0.160 e. The van der Waals surface area contributed by atoms with Gasteiger partial charge in [0.25, 0.3) is 0 Å². The van der Waals surface area contributed by atoms with Crippen molar-refractivity contribution in [3.8, 4) is 50.6 Å². The summed E-state index contributed by atoms with van der Waals surface area (Å²) in [5, 5.41) is 3.58. The Labute approximate surface area is 328 Å². The van der Waals surface area contributed by atoms with E-state index in [-0.39, 0.29) is 5.41 Å². The zero-order valence-electron chi connectivity index (χ0n) is 30.7. The number of para-hydroxylation sites is 1. The second kappa shape index (κ2) is 12.3. The highest BCUT2D eigenvalue weighted by molar-refractivity contribution is 7.26. The number of rotatable bonds is 4. The summed E-state index contributed by atoms with van der Waals surface area (Å²) < 4.78 is 4.72. The normalized spacial score (nSPS) is 14.6. The third-order valence-electron chi connectivity index (χ3n) is 12.5. The second-order valence-electron chi connectivity index (χ2n) is 15.5. The molecule has 6 aromatic carbocycles. The molecular weight excluding hydrogens is 701 g/mol. The number of thiophene rings is 1. The van der Waals surface area contributed by atoms with Gasteiger partial charge in [-0.25, -0.2) is 9.97 Å². The minimum atomic E-state index is 0.0648. The zero-order chi connectivity index (χ0) is 36.8. The molecule has 0 amide bonds. The van der Waals surface area contributed by atoms with Gasteiger partial charge in [0.2, 0.25) is 0 Å². The Morgan fingerprint density at radius 2 is 1.23 bits per heavy atom. The van der Waals surface area contributed by atoms with Crippen LogP contribution in [0.5, 0.6) is 0 Å². The predicted octanol–water partition coefficient (Wildman–Crippen LogP) is 13.6. The van der Waals surface area contributed by atoms with Crippen LogP contribution in [0.1, 0.15) is 43.2 Å². The first-order chi connectivity index (χ1) is 27.7. The molecule has 12 rings (SSSR count). The highest BCUT2D eigenvalue weighted by Crippen LogP contribution is 2.58. The van der Waals surface area contributed by atoms with Gasteiger partial charge >= 0.3 is 0 Å². The molecule has 4 heterocycles. The van der Waals surface area contributed by atoms with Gasteiger partial charge in [-0.05, 0) is 107 Å². The van der Waals surface area contributed by atoms with Crippen LogP contribution < -0.4 is 0 Å². The summed E-state index contributed by atoms with van der Waals surface area (Å²) in [5.74, 6) is 0.726. The average molecular weight is 737 g/mol. The topological polar surface area (TPSA) is 43.6 Å². The highest BCUT2D eigenvalue weighted by atomic mass is 32.1. The maximum Gasteiger partial charge on any atom is 0.160 e. The summed E-state index contributed by atoms with van der Waals surface area (Å²) in [6.07, 6.45) is 9.96. The van der Waals surface area contributed by atoms with Crippen LogP contribution in [0.3, 0.4) is 0 Å². The number of aromatic nitrogens is 4. The Morgan fingerprint density at radius 1 is 0.536 bits per heavy atom. The molecule has 1 spiro atoms. The fraction of sp³-hybridized carbons (Fsp3) is 0.118. The van der Waals surface area contributed by atoms with Crippen molar-refractivity contribution in [2.24, 2.45) is 0 Å². The summed E-state index contributed by atoms with van der Waals surface area (Å²) in [6, 6.07) is 53.5. The van der Waals surface area contributed by atoms with Crippen LogP contribution in [0.25, 0.3) is 92.7 Å². The van der Waals surface area contributed by atoms with Gasteiger partial charge in [-0.1, -0.05) is 104 Å². The Bertz CT molecular complexity index is 3170. The molecule has 4 nitrogen and oxygen atoms in total. The SMILES string of the molecule is c1ccc(-n2c3ccc(-c4nc(-c5ccncc5)c5sc6ccccc6c5n4)cc3c3cc(-c4cccc5c4C4(CCCCC4)c4ccccc4-5)ccc32)cc1. The van der Waals surface area contributed by atoms with Crippen LogP contribution in [-0.4, -0.2) is 19.5 Å². The van der Waals surface area contributed by atoms with Crippen molar-refractivity contribution in [2.75, 3.05) is 0 Å². The maximum absolute atomic E-state index is 5.33. The van der Waals surface area contributed by atoms with E-state index in [1.54, 1.807) is 11.3 Å². The van der Waals surface area contributed by atoms with Crippen molar-refractivity contribution >= 4 is 53.4 Å². The van der Waals surface area contributed by atoms with Gasteiger partial charge in [-0.3, -0.25) is 4.98 Å². The Kier molecular flexibility index (Phi) is 6.99. The molecule has 0 bridgehead atoms. The van der Waals surface area contributed by atoms with E-state index in [4.69, 9.17) is 9.97 Å². The van der Waals surface area contributed by atoms with Crippen LogP contribution in [0.15, 0.2) is 158 Å². The lowest BCUT2D eigenvalue weighted by atomic mass is 9.66. The molecule has 2 aliphatic rings. The summed E-state index contributed by atoms with van der Waals surface area (Å²) in [7, 11) is 0. The maximum atomic E-state index is 5.33. The van der Waals surface area contributed by atoms with Crippen molar-refractivity contribution in [2.45, 2.75) is 37.5 Å². The van der Waals surface area contributed by atoms with Crippen molar-refractivity contribution in [1.82, 2.24) is 19.5 Å². The van der Waals surface area contributed by atoms with Crippen molar-refractivity contribution < 1.29 is 0 Å².